The number of aromatic amines is 1. The number of nitrogens with zero attached hydrogens (tertiary/aromatic N) is 3. The standard InChI is InChI=1S/C9H11BrN4O3/c1-4(15)3-14-5-6(11-8(14)10)13(2)9(17)12-7(5)16/h4,15H,3H2,1-2H3,(H,12,16,17)/t4-/m1/s1. The van der Waals surface area contributed by atoms with Crippen molar-refractivity contribution in [2.24, 2.45) is 7.05 Å². The van der Waals surface area contributed by atoms with Crippen molar-refractivity contribution in [2.75, 3.05) is 0 Å². The predicted molar refractivity (Wildman–Crippen MR) is 65.0 cm³/mol. The Morgan fingerprint density at radius 3 is 2.76 bits per heavy atom. The molecule has 0 bridgehead atoms. The summed E-state index contributed by atoms with van der Waals surface area (Å²) in [6.45, 7) is 1.83. The molecule has 0 saturated heterocycles. The summed E-state index contributed by atoms with van der Waals surface area (Å²) in [6, 6.07) is 0. The Balaban J connectivity index is 2.87. The number of aryl methyl sites for hydroxylation is 1. The SMILES string of the molecule is C[C@@H](O)Cn1c(Br)nc2c1c(=O)[nH]c(=O)n2C. The van der Waals surface area contributed by atoms with Crippen LogP contribution in [0.2, 0.25) is 0 Å². The first-order valence-corrected chi connectivity index (χ1v) is 5.74. The monoisotopic (exact) mass is 302 g/mol. The Hall–Kier alpha value is -1.41. The lowest BCUT2D eigenvalue weighted by molar-refractivity contribution is 0.174. The predicted octanol–water partition coefficient (Wildman–Crippen LogP) is -0.433. The first kappa shape index (κ1) is 12.1. The first-order chi connectivity index (χ1) is 7.91. The number of aliphatic hydroxyl groups excluding tert-OH is 1. The minimum atomic E-state index is -0.625. The fourth-order valence-corrected chi connectivity index (χ4v) is 2.13. The Bertz CT molecular complexity index is 682. The van der Waals surface area contributed by atoms with Gasteiger partial charge in [0.15, 0.2) is 15.9 Å². The molecule has 0 radical (unpaired) electrons. The molecule has 0 aromatic carbocycles. The summed E-state index contributed by atoms with van der Waals surface area (Å²) in [6.07, 6.45) is -0.625. The van der Waals surface area contributed by atoms with Crippen molar-refractivity contribution < 1.29 is 5.11 Å². The van der Waals surface area contributed by atoms with Gasteiger partial charge < -0.3 is 9.67 Å². The third-order valence-electron chi connectivity index (χ3n) is 2.41. The number of halogens is 1. The zero-order valence-corrected chi connectivity index (χ0v) is 10.9. The number of imidazole rings is 1. The minimum absolute atomic E-state index is 0.221. The largest absolute Gasteiger partial charge is 0.392 e. The molecule has 0 amide bonds. The number of hydrogen-bond donors (Lipinski definition) is 2. The van der Waals surface area contributed by atoms with Crippen LogP contribution in [-0.2, 0) is 13.6 Å². The van der Waals surface area contributed by atoms with E-state index in [1.807, 2.05) is 0 Å². The highest BCUT2D eigenvalue weighted by molar-refractivity contribution is 9.10. The third-order valence-corrected chi connectivity index (χ3v) is 3.01. The fraction of sp³-hybridized carbons (Fsp3) is 0.444. The van der Waals surface area contributed by atoms with Crippen LogP contribution in [0.1, 0.15) is 6.92 Å². The number of hydrogen-bond acceptors (Lipinski definition) is 4. The van der Waals surface area contributed by atoms with Gasteiger partial charge in [-0.05, 0) is 22.9 Å². The van der Waals surface area contributed by atoms with Crippen molar-refractivity contribution >= 4 is 27.1 Å². The summed E-state index contributed by atoms with van der Waals surface area (Å²) in [5.74, 6) is 0. The number of fused-ring (bicyclic) bond motifs is 1. The zero-order valence-electron chi connectivity index (χ0n) is 9.27. The van der Waals surface area contributed by atoms with E-state index in [4.69, 9.17) is 0 Å². The van der Waals surface area contributed by atoms with E-state index in [0.29, 0.717) is 4.73 Å². The normalized spacial score (nSPS) is 13.2. The molecule has 2 aromatic rings. The summed E-state index contributed by atoms with van der Waals surface area (Å²) in [5.41, 5.74) is -0.482. The van der Waals surface area contributed by atoms with Crippen molar-refractivity contribution in [2.45, 2.75) is 19.6 Å². The summed E-state index contributed by atoms with van der Waals surface area (Å²) >= 11 is 3.20. The maximum Gasteiger partial charge on any atom is 0.329 e. The van der Waals surface area contributed by atoms with Gasteiger partial charge in [-0.25, -0.2) is 9.78 Å². The van der Waals surface area contributed by atoms with Gasteiger partial charge in [0.1, 0.15) is 0 Å². The van der Waals surface area contributed by atoms with Gasteiger partial charge in [0, 0.05) is 7.05 Å². The average molecular weight is 303 g/mol. The Morgan fingerprint density at radius 2 is 2.18 bits per heavy atom. The van der Waals surface area contributed by atoms with E-state index < -0.39 is 17.4 Å². The molecule has 2 heterocycles. The maximum atomic E-state index is 11.7. The molecular formula is C9H11BrN4O3. The van der Waals surface area contributed by atoms with Gasteiger partial charge in [0.25, 0.3) is 5.56 Å². The van der Waals surface area contributed by atoms with E-state index in [0.717, 1.165) is 0 Å². The highest BCUT2D eigenvalue weighted by atomic mass is 79.9. The van der Waals surface area contributed by atoms with Crippen molar-refractivity contribution in [3.8, 4) is 0 Å². The average Bonchev–Trinajstić information content (AvgIpc) is 2.53. The molecule has 0 aliphatic rings. The first-order valence-electron chi connectivity index (χ1n) is 4.95. The summed E-state index contributed by atoms with van der Waals surface area (Å²) in [4.78, 5) is 29.4. The molecule has 0 unspecified atom stereocenters. The summed E-state index contributed by atoms with van der Waals surface area (Å²) < 4.78 is 3.18. The molecule has 2 N–H and O–H groups in total. The van der Waals surface area contributed by atoms with Gasteiger partial charge in [-0.15, -0.1) is 0 Å². The molecule has 0 fully saturated rings. The van der Waals surface area contributed by atoms with Crippen LogP contribution in [-0.4, -0.2) is 30.3 Å². The molecule has 8 heteroatoms. The molecule has 0 aliphatic heterocycles. The number of aliphatic hydroxyl groups is 1. The molecule has 0 spiro atoms. The second kappa shape index (κ2) is 4.11. The zero-order chi connectivity index (χ0) is 12.7. The van der Waals surface area contributed by atoms with Crippen molar-refractivity contribution in [1.29, 1.82) is 0 Å². The van der Waals surface area contributed by atoms with Gasteiger partial charge >= 0.3 is 5.69 Å². The minimum Gasteiger partial charge on any atom is -0.392 e. The fourth-order valence-electron chi connectivity index (χ4n) is 1.64. The summed E-state index contributed by atoms with van der Waals surface area (Å²) in [5, 5.41) is 9.37. The van der Waals surface area contributed by atoms with E-state index >= 15 is 0 Å². The Kier molecular flexibility index (Phi) is 2.92. The molecule has 17 heavy (non-hydrogen) atoms. The molecule has 1 atom stereocenters. The van der Waals surface area contributed by atoms with Crippen LogP contribution >= 0.6 is 15.9 Å². The third kappa shape index (κ3) is 1.93. The van der Waals surface area contributed by atoms with Crippen molar-refractivity contribution in [3.05, 3.63) is 25.6 Å². The van der Waals surface area contributed by atoms with Gasteiger partial charge in [-0.2, -0.15) is 0 Å². The molecule has 2 rings (SSSR count). The summed E-state index contributed by atoms with van der Waals surface area (Å²) in [7, 11) is 1.52. The maximum absolute atomic E-state index is 11.7. The van der Waals surface area contributed by atoms with Crippen LogP contribution in [0, 0.1) is 0 Å². The number of nitrogens with one attached hydrogen (secondary N) is 1. The van der Waals surface area contributed by atoms with Crippen LogP contribution in [0.15, 0.2) is 14.3 Å². The number of aromatic nitrogens is 4. The van der Waals surface area contributed by atoms with Crippen LogP contribution in [0.5, 0.6) is 0 Å². The lowest BCUT2D eigenvalue weighted by atomic mass is 10.4. The lowest BCUT2D eigenvalue weighted by Gasteiger charge is -2.07. The van der Waals surface area contributed by atoms with E-state index in [9.17, 15) is 14.7 Å². The highest BCUT2D eigenvalue weighted by Crippen LogP contribution is 2.16. The van der Waals surface area contributed by atoms with E-state index in [-0.39, 0.29) is 17.7 Å². The smallest absolute Gasteiger partial charge is 0.329 e. The lowest BCUT2D eigenvalue weighted by Crippen LogP contribution is -2.29. The molecule has 7 nitrogen and oxygen atoms in total. The van der Waals surface area contributed by atoms with E-state index in [1.54, 1.807) is 6.92 Å². The van der Waals surface area contributed by atoms with Crippen LogP contribution in [0.25, 0.3) is 11.2 Å². The second-order valence-corrected chi connectivity index (χ2v) is 4.54. The van der Waals surface area contributed by atoms with Gasteiger partial charge in [-0.3, -0.25) is 14.3 Å². The van der Waals surface area contributed by atoms with Crippen molar-refractivity contribution in [1.82, 2.24) is 19.1 Å². The van der Waals surface area contributed by atoms with Gasteiger partial charge in [-0.1, -0.05) is 0 Å². The molecule has 0 aliphatic carbocycles. The number of H-pyrrole nitrogens is 1. The van der Waals surface area contributed by atoms with Gasteiger partial charge in [0.05, 0.1) is 12.6 Å². The quantitative estimate of drug-likeness (QED) is 0.736. The molecular weight excluding hydrogens is 292 g/mol. The van der Waals surface area contributed by atoms with E-state index in [1.165, 1.54) is 16.2 Å². The number of rotatable bonds is 2. The second-order valence-electron chi connectivity index (χ2n) is 3.83. The highest BCUT2D eigenvalue weighted by Gasteiger charge is 2.16. The topological polar surface area (TPSA) is 92.9 Å². The molecule has 2 aromatic heterocycles. The van der Waals surface area contributed by atoms with Crippen LogP contribution < -0.4 is 11.2 Å². The Morgan fingerprint density at radius 1 is 1.53 bits per heavy atom. The molecule has 0 saturated carbocycles. The van der Waals surface area contributed by atoms with Crippen molar-refractivity contribution in [3.63, 3.8) is 0 Å². The van der Waals surface area contributed by atoms with Crippen LogP contribution in [0.3, 0.4) is 0 Å². The molecule has 92 valence electrons. The van der Waals surface area contributed by atoms with Gasteiger partial charge in [0.2, 0.25) is 0 Å². The van der Waals surface area contributed by atoms with E-state index in [2.05, 4.69) is 25.9 Å². The Labute approximate surface area is 104 Å². The van der Waals surface area contributed by atoms with Crippen LogP contribution in [0.4, 0.5) is 0 Å².